The van der Waals surface area contributed by atoms with Crippen molar-refractivity contribution < 1.29 is 0 Å². The van der Waals surface area contributed by atoms with Crippen LogP contribution in [0.25, 0.3) is 0 Å². The maximum absolute atomic E-state index is 5.08. The van der Waals surface area contributed by atoms with Gasteiger partial charge in [0.05, 0.1) is 32.3 Å². The fourth-order valence-electron chi connectivity index (χ4n) is 6.57. The number of benzene rings is 4. The lowest BCUT2D eigenvalue weighted by Crippen LogP contribution is -2.38. The highest BCUT2D eigenvalue weighted by Crippen LogP contribution is 2.56. The smallest absolute Gasteiger partial charge is 0.0856 e. The van der Waals surface area contributed by atoms with E-state index in [1.54, 1.807) is 0 Å². The van der Waals surface area contributed by atoms with Crippen molar-refractivity contribution in [3.05, 3.63) is 128 Å². The topological polar surface area (TPSA) is 24.7 Å². The second kappa shape index (κ2) is 17.2. The summed E-state index contributed by atoms with van der Waals surface area (Å²) < 4.78 is 2.25. The van der Waals surface area contributed by atoms with E-state index in [0.29, 0.717) is 10.5 Å². The Hall–Kier alpha value is -1.42. The van der Waals surface area contributed by atoms with Crippen molar-refractivity contribution >= 4 is 100 Å². The largest absolute Gasteiger partial charge is 0.245 e. The van der Waals surface area contributed by atoms with Gasteiger partial charge in [-0.3, -0.25) is 0 Å². The third-order valence-electron chi connectivity index (χ3n) is 8.90. The molecule has 0 bridgehead atoms. The first-order valence-corrected chi connectivity index (χ1v) is 22.2. The fraction of sp³-hybridized carbons (Fsp3) is 0.350. The van der Waals surface area contributed by atoms with Crippen LogP contribution >= 0.6 is 78.9 Å². The Labute approximate surface area is 321 Å². The highest BCUT2D eigenvalue weighted by Gasteiger charge is 2.46. The van der Waals surface area contributed by atoms with Gasteiger partial charge in [-0.2, -0.15) is 23.5 Å². The van der Waals surface area contributed by atoms with E-state index in [1.165, 1.54) is 32.3 Å². The molecule has 4 aromatic carbocycles. The number of hydrogen-bond donors (Lipinski definition) is 0. The Morgan fingerprint density at radius 3 is 1.25 bits per heavy atom. The Morgan fingerprint density at radius 1 is 0.542 bits per heavy atom. The molecule has 0 radical (unpaired) electrons. The maximum Gasteiger partial charge on any atom is 0.0856 e. The summed E-state index contributed by atoms with van der Waals surface area (Å²) >= 11 is 15.1. The molecule has 0 fully saturated rings. The molecule has 4 aromatic rings. The minimum absolute atomic E-state index is 0.101. The van der Waals surface area contributed by atoms with E-state index in [-0.39, 0.29) is 10.8 Å². The van der Waals surface area contributed by atoms with Gasteiger partial charge in [-0.15, -0.1) is 23.5 Å². The zero-order valence-electron chi connectivity index (χ0n) is 28.5. The molecule has 6 rings (SSSR count). The van der Waals surface area contributed by atoms with Crippen LogP contribution in [0.1, 0.15) is 74.3 Å². The van der Waals surface area contributed by atoms with Gasteiger partial charge in [0.25, 0.3) is 0 Å². The average molecular weight is 841 g/mol. The van der Waals surface area contributed by atoms with Crippen LogP contribution in [0.5, 0.6) is 0 Å². The molecule has 252 valence electrons. The van der Waals surface area contributed by atoms with E-state index >= 15 is 0 Å². The Balaban J connectivity index is 0.000000188. The van der Waals surface area contributed by atoms with E-state index < -0.39 is 0 Å². The molecule has 0 amide bonds. The lowest BCUT2D eigenvalue weighted by Gasteiger charge is -2.42. The molecule has 2 aliphatic heterocycles. The van der Waals surface area contributed by atoms with Crippen LogP contribution in [0.15, 0.2) is 116 Å². The number of hydrogen-bond acceptors (Lipinski definition) is 6. The highest BCUT2D eigenvalue weighted by atomic mass is 79.9. The summed E-state index contributed by atoms with van der Waals surface area (Å²) in [7, 11) is 0. The second-order valence-corrected chi connectivity index (χ2v) is 19.0. The summed E-state index contributed by atoms with van der Waals surface area (Å²) in [5.74, 6) is 4.25. The molecule has 0 unspecified atom stereocenters. The molecular weight excluding hydrogens is 797 g/mol. The van der Waals surface area contributed by atoms with Crippen molar-refractivity contribution in [2.75, 3.05) is 23.0 Å². The molecule has 0 N–H and O–H groups in total. The number of rotatable bonds is 8. The minimum Gasteiger partial charge on any atom is -0.245 e. The third kappa shape index (κ3) is 7.74. The van der Waals surface area contributed by atoms with Gasteiger partial charge in [0, 0.05) is 19.4 Å². The fourth-order valence-corrected chi connectivity index (χ4v) is 12.0. The van der Waals surface area contributed by atoms with E-state index in [0.717, 1.165) is 43.3 Å². The lowest BCUT2D eigenvalue weighted by atomic mass is 9.75. The van der Waals surface area contributed by atoms with Gasteiger partial charge in [-0.25, -0.2) is 9.98 Å². The summed E-state index contributed by atoms with van der Waals surface area (Å²) in [6.07, 6.45) is 0. The first-order chi connectivity index (χ1) is 23.2. The second-order valence-electron chi connectivity index (χ2n) is 11.9. The zero-order valence-corrected chi connectivity index (χ0v) is 34.9. The average Bonchev–Trinajstić information content (AvgIpc) is 3.10. The van der Waals surface area contributed by atoms with Gasteiger partial charge in [0.15, 0.2) is 0 Å². The molecule has 2 nitrogen and oxygen atoms in total. The number of nitrogens with zero attached hydrogens (tertiary/aromatic N) is 2. The lowest BCUT2D eigenvalue weighted by molar-refractivity contribution is 0.619. The monoisotopic (exact) mass is 838 g/mol. The predicted molar refractivity (Wildman–Crippen MR) is 228 cm³/mol. The van der Waals surface area contributed by atoms with Gasteiger partial charge in [-0.1, -0.05) is 120 Å². The number of fused-ring (bicyclic) bond motifs is 2. The maximum atomic E-state index is 5.08. The molecule has 4 atom stereocenters. The molecule has 0 saturated heterocycles. The minimum atomic E-state index is -0.101. The molecule has 0 aliphatic carbocycles. The van der Waals surface area contributed by atoms with Crippen molar-refractivity contribution in [2.45, 2.75) is 62.9 Å². The first-order valence-electron chi connectivity index (χ1n) is 16.6. The number of thioether (sulfide) groups is 4. The van der Waals surface area contributed by atoms with Crippen LogP contribution in [0, 0.1) is 0 Å². The quantitative estimate of drug-likeness (QED) is 0.176. The molecule has 48 heavy (non-hydrogen) atoms. The molecular formula is C40H44Br2N2S4. The number of halogens is 2. The van der Waals surface area contributed by atoms with Gasteiger partial charge >= 0.3 is 0 Å². The molecule has 0 aromatic heterocycles. The predicted octanol–water partition coefficient (Wildman–Crippen LogP) is 14.0. The van der Waals surface area contributed by atoms with Crippen molar-refractivity contribution in [1.29, 1.82) is 0 Å². The molecule has 2 aliphatic rings. The van der Waals surface area contributed by atoms with Gasteiger partial charge in [-0.05, 0) is 95.5 Å². The standard InChI is InChI=1S/2C20H22BrNS2/c2*1-4-23-18-16-13-15(21)11-12-17(16)22-19(24-5-2)20(18,3)14-9-7-6-8-10-14/h2*6-13,18H,4-5H2,1-3H3/t2*18-,20-/m10/s1. The van der Waals surface area contributed by atoms with Crippen LogP contribution in [0.2, 0.25) is 0 Å². The Kier molecular flexibility index (Phi) is 13.6. The first kappa shape index (κ1) is 37.8. The summed E-state index contributed by atoms with van der Waals surface area (Å²) in [6.45, 7) is 13.6. The number of aliphatic imine (C=N–C) groups is 2. The zero-order chi connectivity index (χ0) is 34.3. The van der Waals surface area contributed by atoms with Gasteiger partial charge < -0.3 is 0 Å². The molecule has 8 heteroatoms. The van der Waals surface area contributed by atoms with Crippen LogP contribution in [-0.4, -0.2) is 33.1 Å². The van der Waals surface area contributed by atoms with Crippen LogP contribution < -0.4 is 0 Å². The summed E-state index contributed by atoms with van der Waals surface area (Å²) in [5.41, 5.74) is 7.41. The Morgan fingerprint density at radius 2 is 0.917 bits per heavy atom. The van der Waals surface area contributed by atoms with E-state index in [9.17, 15) is 0 Å². The molecule has 2 heterocycles. The van der Waals surface area contributed by atoms with Crippen LogP contribution in [-0.2, 0) is 10.8 Å². The highest BCUT2D eigenvalue weighted by molar-refractivity contribution is 9.10. The van der Waals surface area contributed by atoms with Crippen LogP contribution in [0.4, 0.5) is 11.4 Å². The van der Waals surface area contributed by atoms with E-state index in [2.05, 4.69) is 170 Å². The summed E-state index contributed by atoms with van der Waals surface area (Å²) in [4.78, 5) is 10.2. The third-order valence-corrected chi connectivity index (χ3v) is 14.8. The van der Waals surface area contributed by atoms with E-state index in [4.69, 9.17) is 9.98 Å². The van der Waals surface area contributed by atoms with Crippen molar-refractivity contribution in [1.82, 2.24) is 0 Å². The SMILES string of the molecule is CCSC1=Nc2ccc(Br)cc2[C@@H](SCC)[C@@]1(C)c1ccccc1.CCSC1=Nc2ccc(Br)cc2[C@H](SCC)[C@]1(C)c1ccccc1. The molecule has 0 saturated carbocycles. The summed E-state index contributed by atoms with van der Waals surface area (Å²) in [6, 6.07) is 34.7. The van der Waals surface area contributed by atoms with Crippen molar-refractivity contribution in [2.24, 2.45) is 9.98 Å². The van der Waals surface area contributed by atoms with E-state index in [1.807, 2.05) is 47.0 Å². The summed E-state index contributed by atoms with van der Waals surface area (Å²) in [5, 5.41) is 3.20. The molecule has 0 spiro atoms. The Bertz CT molecular complexity index is 1620. The van der Waals surface area contributed by atoms with Gasteiger partial charge in [0.1, 0.15) is 0 Å². The van der Waals surface area contributed by atoms with Crippen molar-refractivity contribution in [3.8, 4) is 0 Å². The van der Waals surface area contributed by atoms with Gasteiger partial charge in [0.2, 0.25) is 0 Å². The van der Waals surface area contributed by atoms with Crippen molar-refractivity contribution in [3.63, 3.8) is 0 Å². The normalized spacial score (nSPS) is 22.8. The van der Waals surface area contributed by atoms with Crippen LogP contribution in [0.3, 0.4) is 0 Å².